The lowest BCUT2D eigenvalue weighted by Gasteiger charge is -2.52. The van der Waals surface area contributed by atoms with Crippen molar-refractivity contribution >= 4 is 0 Å². The van der Waals surface area contributed by atoms with Crippen molar-refractivity contribution in [1.29, 1.82) is 0 Å². The van der Waals surface area contributed by atoms with Crippen LogP contribution in [0.15, 0.2) is 0 Å². The highest BCUT2D eigenvalue weighted by atomic mass is 19.1. The zero-order chi connectivity index (χ0) is 12.4. The van der Waals surface area contributed by atoms with Crippen LogP contribution in [0, 0.1) is 0 Å². The lowest BCUT2D eigenvalue weighted by molar-refractivity contribution is 0.0101. The molecule has 2 aliphatic rings. The topological polar surface area (TPSA) is 15.3 Å². The number of nitrogens with one attached hydrogen (secondary N) is 1. The zero-order valence-corrected chi connectivity index (χ0v) is 11.4. The van der Waals surface area contributed by atoms with Gasteiger partial charge >= 0.3 is 0 Å². The summed E-state index contributed by atoms with van der Waals surface area (Å²) in [5.74, 6) is 0. The molecule has 1 atom stereocenters. The van der Waals surface area contributed by atoms with Crippen LogP contribution in [0.4, 0.5) is 4.39 Å². The average Bonchev–Trinajstić information content (AvgIpc) is 2.81. The zero-order valence-electron chi connectivity index (χ0n) is 11.4. The fourth-order valence-corrected chi connectivity index (χ4v) is 3.46. The molecule has 1 N–H and O–H groups in total. The standard InChI is InChI=1S/C14H27FN2/c1-3-13(2)12-17(10-6-9-15)14(11-16-13)7-4-5-8-14/h16H,3-12H2,1-2H3. The highest BCUT2D eigenvalue weighted by Crippen LogP contribution is 2.38. The molecule has 17 heavy (non-hydrogen) atoms. The average molecular weight is 242 g/mol. The molecule has 2 rings (SSSR count). The second kappa shape index (κ2) is 5.23. The molecule has 3 heteroatoms. The molecule has 1 aliphatic carbocycles. The molecule has 1 saturated heterocycles. The van der Waals surface area contributed by atoms with Crippen LogP contribution in [0.25, 0.3) is 0 Å². The van der Waals surface area contributed by atoms with Crippen LogP contribution in [0.2, 0.25) is 0 Å². The maximum atomic E-state index is 12.5. The Hall–Kier alpha value is -0.150. The van der Waals surface area contributed by atoms with E-state index in [1.54, 1.807) is 0 Å². The first-order valence-electron chi connectivity index (χ1n) is 7.20. The molecule has 0 radical (unpaired) electrons. The molecule has 1 heterocycles. The molecule has 2 fully saturated rings. The molecule has 1 spiro atoms. The fraction of sp³-hybridized carbons (Fsp3) is 1.00. The summed E-state index contributed by atoms with van der Waals surface area (Å²) in [6.07, 6.45) is 7.13. The van der Waals surface area contributed by atoms with Crippen LogP contribution in [-0.2, 0) is 0 Å². The van der Waals surface area contributed by atoms with Crippen molar-refractivity contribution in [2.45, 2.75) is 63.5 Å². The Labute approximate surface area is 105 Å². The highest BCUT2D eigenvalue weighted by molar-refractivity contribution is 5.05. The third-order valence-electron chi connectivity index (χ3n) is 4.93. The van der Waals surface area contributed by atoms with Gasteiger partial charge in [0.2, 0.25) is 0 Å². The van der Waals surface area contributed by atoms with E-state index in [0.717, 1.165) is 26.1 Å². The van der Waals surface area contributed by atoms with Gasteiger partial charge in [0, 0.05) is 30.7 Å². The second-order valence-corrected chi connectivity index (χ2v) is 6.16. The van der Waals surface area contributed by atoms with E-state index in [0.29, 0.717) is 12.0 Å². The lowest BCUT2D eigenvalue weighted by atomic mass is 9.85. The van der Waals surface area contributed by atoms with Crippen LogP contribution in [0.3, 0.4) is 0 Å². The minimum Gasteiger partial charge on any atom is -0.308 e. The summed E-state index contributed by atoms with van der Waals surface area (Å²) in [6.45, 7) is 7.49. The van der Waals surface area contributed by atoms with Crippen molar-refractivity contribution in [2.24, 2.45) is 0 Å². The summed E-state index contributed by atoms with van der Waals surface area (Å²) in [7, 11) is 0. The van der Waals surface area contributed by atoms with E-state index >= 15 is 0 Å². The van der Waals surface area contributed by atoms with Crippen LogP contribution in [0.1, 0.15) is 52.4 Å². The van der Waals surface area contributed by atoms with E-state index in [1.807, 2.05) is 0 Å². The first-order valence-corrected chi connectivity index (χ1v) is 7.20. The highest BCUT2D eigenvalue weighted by Gasteiger charge is 2.45. The summed E-state index contributed by atoms with van der Waals surface area (Å²) < 4.78 is 12.5. The molecule has 0 aromatic rings. The van der Waals surface area contributed by atoms with Crippen LogP contribution < -0.4 is 5.32 Å². The molecular weight excluding hydrogens is 215 g/mol. The molecular formula is C14H27FN2. The summed E-state index contributed by atoms with van der Waals surface area (Å²) >= 11 is 0. The normalized spacial score (nSPS) is 33.4. The minimum atomic E-state index is -0.178. The van der Waals surface area contributed by atoms with Crippen LogP contribution >= 0.6 is 0 Å². The maximum Gasteiger partial charge on any atom is 0.0906 e. The van der Waals surface area contributed by atoms with E-state index in [9.17, 15) is 4.39 Å². The summed E-state index contributed by atoms with van der Waals surface area (Å²) in [6, 6.07) is 0. The van der Waals surface area contributed by atoms with E-state index in [-0.39, 0.29) is 12.2 Å². The van der Waals surface area contributed by atoms with Crippen molar-refractivity contribution in [3.63, 3.8) is 0 Å². The SMILES string of the molecule is CCC1(C)CN(CCCF)C2(CCCC2)CN1. The van der Waals surface area contributed by atoms with Gasteiger partial charge in [0.25, 0.3) is 0 Å². The number of rotatable bonds is 4. The Balaban J connectivity index is 2.06. The molecule has 0 amide bonds. The molecule has 0 aromatic carbocycles. The quantitative estimate of drug-likeness (QED) is 0.815. The molecule has 0 bridgehead atoms. The van der Waals surface area contributed by atoms with Gasteiger partial charge in [0.15, 0.2) is 0 Å². The van der Waals surface area contributed by atoms with Crippen molar-refractivity contribution < 1.29 is 4.39 Å². The Bertz CT molecular complexity index is 251. The van der Waals surface area contributed by atoms with Crippen LogP contribution in [-0.4, -0.2) is 42.3 Å². The molecule has 100 valence electrons. The van der Waals surface area contributed by atoms with Gasteiger partial charge in [-0.2, -0.15) is 0 Å². The number of piperazine rings is 1. The summed E-state index contributed by atoms with van der Waals surface area (Å²) in [5.41, 5.74) is 0.577. The van der Waals surface area contributed by atoms with Crippen molar-refractivity contribution in [3.05, 3.63) is 0 Å². The van der Waals surface area contributed by atoms with E-state index in [2.05, 4.69) is 24.1 Å². The largest absolute Gasteiger partial charge is 0.308 e. The van der Waals surface area contributed by atoms with Gasteiger partial charge in [-0.1, -0.05) is 19.8 Å². The first kappa shape index (κ1) is 13.3. The van der Waals surface area contributed by atoms with Crippen LogP contribution in [0.5, 0.6) is 0 Å². The van der Waals surface area contributed by atoms with Gasteiger partial charge in [-0.25, -0.2) is 0 Å². The number of alkyl halides is 1. The van der Waals surface area contributed by atoms with Gasteiger partial charge < -0.3 is 5.32 Å². The number of hydrogen-bond donors (Lipinski definition) is 1. The lowest BCUT2D eigenvalue weighted by Crippen LogP contribution is -2.68. The minimum absolute atomic E-state index is 0.178. The third-order valence-corrected chi connectivity index (χ3v) is 4.93. The Morgan fingerprint density at radius 2 is 2.00 bits per heavy atom. The van der Waals surface area contributed by atoms with Gasteiger partial charge in [-0.15, -0.1) is 0 Å². The number of halogens is 1. The van der Waals surface area contributed by atoms with E-state index < -0.39 is 0 Å². The van der Waals surface area contributed by atoms with Gasteiger partial charge in [-0.05, 0) is 32.6 Å². The molecule has 2 nitrogen and oxygen atoms in total. The van der Waals surface area contributed by atoms with Crippen molar-refractivity contribution in [2.75, 3.05) is 26.3 Å². The van der Waals surface area contributed by atoms with Gasteiger partial charge in [0.05, 0.1) is 6.67 Å². The molecule has 0 aromatic heterocycles. The summed E-state index contributed by atoms with van der Waals surface area (Å²) in [4.78, 5) is 2.60. The first-order chi connectivity index (χ1) is 8.14. The van der Waals surface area contributed by atoms with Crippen molar-refractivity contribution in [3.8, 4) is 0 Å². The molecule has 1 saturated carbocycles. The monoisotopic (exact) mass is 242 g/mol. The smallest absolute Gasteiger partial charge is 0.0906 e. The Kier molecular flexibility index (Phi) is 4.09. The Morgan fingerprint density at radius 3 is 2.59 bits per heavy atom. The maximum absolute atomic E-state index is 12.5. The summed E-state index contributed by atoms with van der Waals surface area (Å²) in [5, 5.41) is 3.75. The number of nitrogens with zero attached hydrogens (tertiary/aromatic N) is 1. The van der Waals surface area contributed by atoms with Gasteiger partial charge in [0.1, 0.15) is 0 Å². The molecule has 1 unspecified atom stereocenters. The van der Waals surface area contributed by atoms with Crippen molar-refractivity contribution in [1.82, 2.24) is 10.2 Å². The number of hydrogen-bond acceptors (Lipinski definition) is 2. The van der Waals surface area contributed by atoms with Gasteiger partial charge in [-0.3, -0.25) is 9.29 Å². The second-order valence-electron chi connectivity index (χ2n) is 6.16. The van der Waals surface area contributed by atoms with E-state index in [1.165, 1.54) is 25.7 Å². The molecule has 1 aliphatic heterocycles. The van der Waals surface area contributed by atoms with E-state index in [4.69, 9.17) is 0 Å². The third kappa shape index (κ3) is 2.65. The Morgan fingerprint density at radius 1 is 1.29 bits per heavy atom. The fourth-order valence-electron chi connectivity index (χ4n) is 3.46. The predicted octanol–water partition coefficient (Wildman–Crippen LogP) is 2.73. The predicted molar refractivity (Wildman–Crippen MR) is 70.1 cm³/mol.